The number of hydrogen-bond acceptors (Lipinski definition) is 2. The summed E-state index contributed by atoms with van der Waals surface area (Å²) in [7, 11) is 0. The van der Waals surface area contributed by atoms with E-state index in [-0.39, 0.29) is 11.8 Å². The number of amides is 2. The number of urea groups is 1. The number of halogens is 3. The number of H-pyrrole nitrogens is 1. The molecule has 2 amide bonds. The normalized spacial score (nSPS) is 11.3. The number of benzene rings is 2. The number of ether oxygens (including phenoxy) is 1. The van der Waals surface area contributed by atoms with Crippen LogP contribution in [0.3, 0.4) is 0 Å². The van der Waals surface area contributed by atoms with E-state index in [1.807, 2.05) is 24.4 Å². The summed E-state index contributed by atoms with van der Waals surface area (Å²) < 4.78 is 40.1. The van der Waals surface area contributed by atoms with Crippen molar-refractivity contribution in [3.63, 3.8) is 0 Å². The van der Waals surface area contributed by atoms with E-state index in [1.165, 1.54) is 24.3 Å². The Morgan fingerprint density at radius 3 is 2.58 bits per heavy atom. The summed E-state index contributed by atoms with van der Waals surface area (Å²) >= 11 is 0. The molecule has 0 unspecified atom stereocenters. The fourth-order valence-corrected chi connectivity index (χ4v) is 2.48. The van der Waals surface area contributed by atoms with Crippen molar-refractivity contribution in [2.45, 2.75) is 12.8 Å². The van der Waals surface area contributed by atoms with E-state index in [0.29, 0.717) is 18.7 Å². The molecule has 0 atom stereocenters. The van der Waals surface area contributed by atoms with Gasteiger partial charge in [-0.2, -0.15) is 0 Å². The van der Waals surface area contributed by atoms with E-state index >= 15 is 0 Å². The molecule has 5 nitrogen and oxygen atoms in total. The molecule has 3 aromatic rings. The molecule has 0 saturated carbocycles. The number of carbonyl (C=O) groups excluding carboxylic acids is 1. The van der Waals surface area contributed by atoms with Crippen LogP contribution in [-0.2, 0) is 6.42 Å². The van der Waals surface area contributed by atoms with E-state index in [2.05, 4.69) is 20.4 Å². The topological polar surface area (TPSA) is 66.2 Å². The van der Waals surface area contributed by atoms with Gasteiger partial charge in [0.05, 0.1) is 0 Å². The number of hydrogen-bond donors (Lipinski definition) is 3. The Morgan fingerprint density at radius 2 is 1.85 bits per heavy atom. The molecule has 0 fully saturated rings. The molecule has 136 valence electrons. The third-order valence-corrected chi connectivity index (χ3v) is 3.67. The largest absolute Gasteiger partial charge is 0.573 e. The predicted molar refractivity (Wildman–Crippen MR) is 92.1 cm³/mol. The minimum absolute atomic E-state index is 0.272. The zero-order valence-electron chi connectivity index (χ0n) is 13.6. The SMILES string of the molecule is O=C(NCCc1ccc(OC(F)(F)F)cc1)Nc1ccc2cc[nH]c2c1. The molecule has 2 aromatic carbocycles. The van der Waals surface area contributed by atoms with Gasteiger partial charge in [-0.05, 0) is 47.7 Å². The Hall–Kier alpha value is -3.16. The minimum atomic E-state index is -4.70. The minimum Gasteiger partial charge on any atom is -0.406 e. The average molecular weight is 363 g/mol. The quantitative estimate of drug-likeness (QED) is 0.628. The molecule has 0 spiro atoms. The summed E-state index contributed by atoms with van der Waals surface area (Å²) in [5.74, 6) is -0.272. The maximum Gasteiger partial charge on any atom is 0.573 e. The van der Waals surface area contributed by atoms with Gasteiger partial charge < -0.3 is 20.4 Å². The van der Waals surface area contributed by atoms with E-state index in [0.717, 1.165) is 16.5 Å². The summed E-state index contributed by atoms with van der Waals surface area (Å²) in [4.78, 5) is 15.0. The Kier molecular flexibility index (Phi) is 5.01. The zero-order valence-corrected chi connectivity index (χ0v) is 13.6. The number of aromatic amines is 1. The number of anilines is 1. The van der Waals surface area contributed by atoms with Crippen molar-refractivity contribution < 1.29 is 22.7 Å². The van der Waals surface area contributed by atoms with Gasteiger partial charge in [0.15, 0.2) is 0 Å². The second kappa shape index (κ2) is 7.38. The lowest BCUT2D eigenvalue weighted by atomic mass is 10.1. The summed E-state index contributed by atoms with van der Waals surface area (Å²) in [6.07, 6.45) is -2.40. The van der Waals surface area contributed by atoms with Crippen LogP contribution < -0.4 is 15.4 Å². The second-order valence-electron chi connectivity index (χ2n) is 5.60. The summed E-state index contributed by atoms with van der Waals surface area (Å²) in [6, 6.07) is 12.6. The number of carbonyl (C=O) groups is 1. The zero-order chi connectivity index (χ0) is 18.6. The molecular weight excluding hydrogens is 347 g/mol. The van der Waals surface area contributed by atoms with E-state index in [9.17, 15) is 18.0 Å². The van der Waals surface area contributed by atoms with Crippen molar-refractivity contribution >= 4 is 22.6 Å². The number of nitrogens with one attached hydrogen (secondary N) is 3. The van der Waals surface area contributed by atoms with Crippen LogP contribution in [0.2, 0.25) is 0 Å². The molecule has 0 saturated heterocycles. The van der Waals surface area contributed by atoms with Gasteiger partial charge in [-0.3, -0.25) is 0 Å². The Morgan fingerprint density at radius 1 is 1.08 bits per heavy atom. The summed E-state index contributed by atoms with van der Waals surface area (Å²) in [5, 5.41) is 6.48. The maximum atomic E-state index is 12.1. The highest BCUT2D eigenvalue weighted by Gasteiger charge is 2.30. The highest BCUT2D eigenvalue weighted by atomic mass is 19.4. The van der Waals surface area contributed by atoms with Gasteiger partial charge >= 0.3 is 12.4 Å². The van der Waals surface area contributed by atoms with Crippen LogP contribution in [0.5, 0.6) is 5.75 Å². The van der Waals surface area contributed by atoms with Gasteiger partial charge in [-0.1, -0.05) is 18.2 Å². The van der Waals surface area contributed by atoms with Gasteiger partial charge in [0.25, 0.3) is 0 Å². The second-order valence-corrected chi connectivity index (χ2v) is 5.60. The first-order valence-corrected chi connectivity index (χ1v) is 7.86. The number of fused-ring (bicyclic) bond motifs is 1. The first-order chi connectivity index (χ1) is 12.4. The maximum absolute atomic E-state index is 12.1. The van der Waals surface area contributed by atoms with E-state index in [1.54, 1.807) is 6.07 Å². The number of rotatable bonds is 5. The van der Waals surface area contributed by atoms with Crippen LogP contribution in [0.4, 0.5) is 23.7 Å². The number of alkyl halides is 3. The lowest BCUT2D eigenvalue weighted by Crippen LogP contribution is -2.30. The number of aromatic nitrogens is 1. The van der Waals surface area contributed by atoms with Gasteiger partial charge in [-0.15, -0.1) is 13.2 Å². The fourth-order valence-electron chi connectivity index (χ4n) is 2.48. The highest BCUT2D eigenvalue weighted by Crippen LogP contribution is 2.22. The fraction of sp³-hybridized carbons (Fsp3) is 0.167. The van der Waals surface area contributed by atoms with Crippen molar-refractivity contribution in [2.75, 3.05) is 11.9 Å². The summed E-state index contributed by atoms with van der Waals surface area (Å²) in [6.45, 7) is 0.343. The monoisotopic (exact) mass is 363 g/mol. The molecule has 0 aliphatic heterocycles. The van der Waals surface area contributed by atoms with Crippen molar-refractivity contribution in [1.82, 2.24) is 10.3 Å². The van der Waals surface area contributed by atoms with Gasteiger partial charge in [-0.25, -0.2) is 4.79 Å². The lowest BCUT2D eigenvalue weighted by molar-refractivity contribution is -0.274. The Balaban J connectivity index is 1.46. The average Bonchev–Trinajstić information content (AvgIpc) is 3.03. The van der Waals surface area contributed by atoms with Crippen molar-refractivity contribution in [1.29, 1.82) is 0 Å². The van der Waals surface area contributed by atoms with Crippen LogP contribution in [0.25, 0.3) is 10.9 Å². The Bertz CT molecular complexity index is 889. The third-order valence-electron chi connectivity index (χ3n) is 3.67. The van der Waals surface area contributed by atoms with Gasteiger partial charge in [0, 0.05) is 23.9 Å². The van der Waals surface area contributed by atoms with E-state index in [4.69, 9.17) is 0 Å². The van der Waals surface area contributed by atoms with Crippen LogP contribution in [0.1, 0.15) is 5.56 Å². The molecule has 3 N–H and O–H groups in total. The van der Waals surface area contributed by atoms with Crippen molar-refractivity contribution in [3.05, 3.63) is 60.3 Å². The van der Waals surface area contributed by atoms with Crippen LogP contribution in [0.15, 0.2) is 54.7 Å². The van der Waals surface area contributed by atoms with Crippen LogP contribution in [0, 0.1) is 0 Å². The molecule has 8 heteroatoms. The molecule has 0 aliphatic rings. The molecule has 0 bridgehead atoms. The molecule has 1 aromatic heterocycles. The third kappa shape index (κ3) is 4.92. The molecule has 0 radical (unpaired) electrons. The van der Waals surface area contributed by atoms with Gasteiger partial charge in [0.2, 0.25) is 0 Å². The summed E-state index contributed by atoms with van der Waals surface area (Å²) in [5.41, 5.74) is 2.36. The smallest absolute Gasteiger partial charge is 0.406 e. The van der Waals surface area contributed by atoms with Crippen molar-refractivity contribution in [3.8, 4) is 5.75 Å². The van der Waals surface area contributed by atoms with Crippen LogP contribution >= 0.6 is 0 Å². The lowest BCUT2D eigenvalue weighted by Gasteiger charge is -2.10. The Labute approximate surface area is 147 Å². The predicted octanol–water partition coefficient (Wildman–Crippen LogP) is 4.43. The molecule has 26 heavy (non-hydrogen) atoms. The molecular formula is C18H16F3N3O2. The standard InChI is InChI=1S/C18H16F3N3O2/c19-18(20,21)26-15-5-1-12(2-6-15)7-9-23-17(25)24-14-4-3-13-8-10-22-16(13)11-14/h1-6,8,10-11,22H,7,9H2,(H2,23,24,25). The molecule has 0 aliphatic carbocycles. The highest BCUT2D eigenvalue weighted by molar-refractivity contribution is 5.92. The molecule has 1 heterocycles. The van der Waals surface area contributed by atoms with Crippen LogP contribution in [-0.4, -0.2) is 23.9 Å². The van der Waals surface area contributed by atoms with Gasteiger partial charge in [0.1, 0.15) is 5.75 Å². The van der Waals surface area contributed by atoms with E-state index < -0.39 is 6.36 Å². The molecule has 3 rings (SSSR count). The van der Waals surface area contributed by atoms with Crippen molar-refractivity contribution in [2.24, 2.45) is 0 Å². The first kappa shape index (κ1) is 17.7. The first-order valence-electron chi connectivity index (χ1n) is 7.86.